The zero-order chi connectivity index (χ0) is 26.3. The number of hydrogen-bond donors (Lipinski definition) is 0. The van der Waals surface area contributed by atoms with Crippen molar-refractivity contribution >= 4 is 56.6 Å². The molecule has 37 heavy (non-hydrogen) atoms. The highest BCUT2D eigenvalue weighted by molar-refractivity contribution is 9.10. The van der Waals surface area contributed by atoms with Crippen molar-refractivity contribution in [1.29, 1.82) is 0 Å². The van der Waals surface area contributed by atoms with Crippen LogP contribution in [0.15, 0.2) is 65.1 Å². The molecule has 2 aliphatic rings. The summed E-state index contributed by atoms with van der Waals surface area (Å²) >= 11 is 9.25. The number of benzene rings is 3. The number of carbonyl (C=O) groups is 3. The third-order valence-corrected chi connectivity index (χ3v) is 6.87. The molecule has 12 heteroatoms. The van der Waals surface area contributed by atoms with Gasteiger partial charge in [0.1, 0.15) is 11.1 Å². The molecule has 3 aromatic rings. The minimum atomic E-state index is -1.14. The van der Waals surface area contributed by atoms with Gasteiger partial charge in [-0.15, -0.1) is 0 Å². The minimum Gasteiger partial charge on any atom is -0.454 e. The lowest BCUT2D eigenvalue weighted by atomic mass is 10.1. The van der Waals surface area contributed by atoms with Crippen molar-refractivity contribution in [3.63, 3.8) is 0 Å². The normalized spacial score (nSPS) is 16.3. The molecule has 5 rings (SSSR count). The molecule has 10 nitrogen and oxygen atoms in total. The second-order valence-electron chi connectivity index (χ2n) is 8.31. The summed E-state index contributed by atoms with van der Waals surface area (Å²) in [4.78, 5) is 53.2. The number of carbonyl (C=O) groups excluding carboxylic acids is 3. The molecular formula is C25H17BrClN3O7. The summed E-state index contributed by atoms with van der Waals surface area (Å²) in [6.45, 7) is -0.00258. The second-order valence-corrected chi connectivity index (χ2v) is 9.63. The van der Waals surface area contributed by atoms with Gasteiger partial charge < -0.3 is 14.4 Å². The van der Waals surface area contributed by atoms with E-state index in [9.17, 15) is 24.5 Å². The largest absolute Gasteiger partial charge is 0.454 e. The first kappa shape index (κ1) is 24.7. The Bertz CT molecular complexity index is 1450. The van der Waals surface area contributed by atoms with Gasteiger partial charge in [0.05, 0.1) is 17.0 Å². The average molecular weight is 587 g/mol. The number of amides is 3. The van der Waals surface area contributed by atoms with Gasteiger partial charge in [0.25, 0.3) is 17.5 Å². The van der Waals surface area contributed by atoms with Gasteiger partial charge in [0.15, 0.2) is 11.5 Å². The van der Waals surface area contributed by atoms with Crippen LogP contribution in [0.3, 0.4) is 0 Å². The predicted molar refractivity (Wildman–Crippen MR) is 136 cm³/mol. The summed E-state index contributed by atoms with van der Waals surface area (Å²) in [6, 6.07) is 14.2. The first-order chi connectivity index (χ1) is 17.7. The highest BCUT2D eigenvalue weighted by atomic mass is 79.9. The molecule has 0 N–H and O–H groups in total. The van der Waals surface area contributed by atoms with Crippen LogP contribution in [0, 0.1) is 10.1 Å². The van der Waals surface area contributed by atoms with Gasteiger partial charge in [-0.1, -0.05) is 33.6 Å². The topological polar surface area (TPSA) is 119 Å². The van der Waals surface area contributed by atoms with Crippen LogP contribution in [-0.4, -0.2) is 40.4 Å². The van der Waals surface area contributed by atoms with Crippen LogP contribution in [0.5, 0.6) is 11.5 Å². The minimum absolute atomic E-state index is 0.0424. The fraction of sp³-hybridized carbons (Fsp3) is 0.160. The molecule has 0 saturated carbocycles. The first-order valence-electron chi connectivity index (χ1n) is 11.0. The van der Waals surface area contributed by atoms with Crippen LogP contribution in [0.2, 0.25) is 5.02 Å². The number of anilines is 1. The molecule has 1 atom stereocenters. The molecule has 3 aromatic carbocycles. The van der Waals surface area contributed by atoms with Gasteiger partial charge >= 0.3 is 0 Å². The van der Waals surface area contributed by atoms with E-state index in [1.807, 2.05) is 0 Å². The van der Waals surface area contributed by atoms with Crippen molar-refractivity contribution in [3.05, 3.63) is 91.4 Å². The number of halogens is 2. The lowest BCUT2D eigenvalue weighted by molar-refractivity contribution is -0.384. The molecule has 3 amide bonds. The fourth-order valence-corrected chi connectivity index (χ4v) is 4.68. The van der Waals surface area contributed by atoms with Crippen LogP contribution in [0.1, 0.15) is 22.3 Å². The molecule has 2 aliphatic heterocycles. The molecule has 1 unspecified atom stereocenters. The van der Waals surface area contributed by atoms with Gasteiger partial charge in [0.2, 0.25) is 12.7 Å². The zero-order valence-electron chi connectivity index (χ0n) is 18.9. The lowest BCUT2D eigenvalue weighted by Crippen LogP contribution is -2.45. The number of ether oxygens (including phenoxy) is 2. The van der Waals surface area contributed by atoms with Crippen LogP contribution < -0.4 is 14.4 Å². The summed E-state index contributed by atoms with van der Waals surface area (Å²) in [6.07, 6.45) is -0.249. The van der Waals surface area contributed by atoms with E-state index in [-0.39, 0.29) is 30.3 Å². The van der Waals surface area contributed by atoms with Crippen LogP contribution in [0.25, 0.3) is 0 Å². The maximum atomic E-state index is 13.7. The summed E-state index contributed by atoms with van der Waals surface area (Å²) < 4.78 is 11.5. The van der Waals surface area contributed by atoms with Gasteiger partial charge in [-0.3, -0.25) is 24.5 Å². The SMILES string of the molecule is O=C1CC(N(Cc2ccc3c(c2)OCO3)C(=O)c2ccc(Cl)c([N+](=O)[O-])c2)C(=O)N1c1ccc(Br)cc1. The molecular weight excluding hydrogens is 570 g/mol. The Balaban J connectivity index is 1.52. The van der Waals surface area contributed by atoms with Gasteiger partial charge in [-0.2, -0.15) is 0 Å². The number of nitro benzene ring substituents is 1. The van der Waals surface area contributed by atoms with E-state index in [4.69, 9.17) is 21.1 Å². The number of hydrogen-bond acceptors (Lipinski definition) is 7. The molecule has 0 bridgehead atoms. The van der Waals surface area contributed by atoms with E-state index < -0.39 is 34.4 Å². The maximum absolute atomic E-state index is 13.7. The van der Waals surface area contributed by atoms with Crippen molar-refractivity contribution in [3.8, 4) is 11.5 Å². The van der Waals surface area contributed by atoms with E-state index in [0.29, 0.717) is 22.7 Å². The Morgan fingerprint density at radius 3 is 2.54 bits per heavy atom. The van der Waals surface area contributed by atoms with Crippen LogP contribution >= 0.6 is 27.5 Å². The number of fused-ring (bicyclic) bond motifs is 1. The summed E-state index contributed by atoms with van der Waals surface area (Å²) in [7, 11) is 0. The van der Waals surface area contributed by atoms with E-state index in [1.165, 1.54) is 17.0 Å². The quantitative estimate of drug-likeness (QED) is 0.233. The van der Waals surface area contributed by atoms with Crippen LogP contribution in [-0.2, 0) is 16.1 Å². The predicted octanol–water partition coefficient (Wildman–Crippen LogP) is 4.71. The molecule has 0 aromatic heterocycles. The number of nitrogens with zero attached hydrogens (tertiary/aromatic N) is 3. The van der Waals surface area contributed by atoms with Gasteiger partial charge in [-0.05, 0) is 54.1 Å². The van der Waals surface area contributed by atoms with Gasteiger partial charge in [0, 0.05) is 22.6 Å². The highest BCUT2D eigenvalue weighted by Crippen LogP contribution is 2.35. The molecule has 0 aliphatic carbocycles. The first-order valence-corrected chi connectivity index (χ1v) is 12.2. The number of imide groups is 1. The lowest BCUT2D eigenvalue weighted by Gasteiger charge is -2.28. The monoisotopic (exact) mass is 585 g/mol. The second kappa shape index (κ2) is 9.83. The van der Waals surface area contributed by atoms with E-state index >= 15 is 0 Å². The smallest absolute Gasteiger partial charge is 0.288 e. The van der Waals surface area contributed by atoms with Crippen LogP contribution in [0.4, 0.5) is 11.4 Å². The highest BCUT2D eigenvalue weighted by Gasteiger charge is 2.44. The Hall–Kier alpha value is -3.96. The maximum Gasteiger partial charge on any atom is 0.288 e. The molecule has 0 radical (unpaired) electrons. The van der Waals surface area contributed by atoms with Crippen molar-refractivity contribution in [2.45, 2.75) is 19.0 Å². The zero-order valence-corrected chi connectivity index (χ0v) is 21.3. The molecule has 2 heterocycles. The Labute approximate surface area is 223 Å². The van der Waals surface area contributed by atoms with Crippen molar-refractivity contribution in [2.24, 2.45) is 0 Å². The van der Waals surface area contributed by atoms with E-state index in [1.54, 1.807) is 42.5 Å². The molecule has 1 saturated heterocycles. The third kappa shape index (κ3) is 4.75. The average Bonchev–Trinajstić information content (AvgIpc) is 3.46. The molecule has 0 spiro atoms. The van der Waals surface area contributed by atoms with Crippen molar-refractivity contribution in [1.82, 2.24) is 4.90 Å². The number of nitro groups is 1. The number of rotatable bonds is 6. The summed E-state index contributed by atoms with van der Waals surface area (Å²) in [5.41, 5.74) is 0.502. The Morgan fingerprint density at radius 1 is 1.08 bits per heavy atom. The Morgan fingerprint density at radius 2 is 1.81 bits per heavy atom. The Kier molecular flexibility index (Phi) is 6.57. The van der Waals surface area contributed by atoms with Crippen molar-refractivity contribution in [2.75, 3.05) is 11.7 Å². The van der Waals surface area contributed by atoms with E-state index in [2.05, 4.69) is 15.9 Å². The molecule has 188 valence electrons. The fourth-order valence-electron chi connectivity index (χ4n) is 4.23. The summed E-state index contributed by atoms with van der Waals surface area (Å²) in [5, 5.41) is 11.3. The van der Waals surface area contributed by atoms with Gasteiger partial charge in [-0.25, -0.2) is 4.90 Å². The van der Waals surface area contributed by atoms with Crippen molar-refractivity contribution < 1.29 is 28.8 Å². The summed E-state index contributed by atoms with van der Waals surface area (Å²) in [5.74, 6) is -0.685. The third-order valence-electron chi connectivity index (χ3n) is 6.02. The standard InChI is InChI=1S/C25H17BrClN3O7/c26-16-3-5-17(6-4-16)29-23(31)11-20(25(29)33)28(12-14-1-8-21-22(9-14)37-13-36-21)24(32)15-2-7-18(27)19(10-15)30(34)35/h1-10,20H,11-13H2. The molecule has 1 fully saturated rings. The van der Waals surface area contributed by atoms with E-state index in [0.717, 1.165) is 15.4 Å².